The van der Waals surface area contributed by atoms with Gasteiger partial charge in [-0.05, 0) is 32.8 Å². The number of piperidine rings is 1. The molecule has 0 aliphatic carbocycles. The van der Waals surface area contributed by atoms with Crippen molar-refractivity contribution in [2.75, 3.05) is 5.73 Å². The van der Waals surface area contributed by atoms with E-state index in [2.05, 4.69) is 0 Å². The summed E-state index contributed by atoms with van der Waals surface area (Å²) in [6.45, 7) is 3.70. The fraction of sp³-hybridized carbons (Fsp3) is 0.538. The Morgan fingerprint density at radius 2 is 1.86 bits per heavy atom. The largest absolute Gasteiger partial charge is 0.398 e. The van der Waals surface area contributed by atoms with Gasteiger partial charge in [0.25, 0.3) is 5.69 Å². The summed E-state index contributed by atoms with van der Waals surface area (Å²) in [7, 11) is -3.84. The van der Waals surface area contributed by atoms with E-state index in [4.69, 9.17) is 5.73 Å². The number of nitro groups is 1. The Bertz CT molecular complexity index is 649. The van der Waals surface area contributed by atoms with E-state index in [0.29, 0.717) is 0 Å². The second kappa shape index (κ2) is 5.61. The van der Waals surface area contributed by atoms with Gasteiger partial charge in [-0.25, -0.2) is 8.42 Å². The molecule has 2 unspecified atom stereocenters. The van der Waals surface area contributed by atoms with Gasteiger partial charge in [0.1, 0.15) is 4.90 Å². The van der Waals surface area contributed by atoms with Crippen LogP contribution in [0.5, 0.6) is 0 Å². The average Bonchev–Trinajstić information content (AvgIpc) is 2.38. The smallest absolute Gasteiger partial charge is 0.270 e. The number of sulfonamides is 1. The highest BCUT2D eigenvalue weighted by molar-refractivity contribution is 7.89. The lowest BCUT2D eigenvalue weighted by Gasteiger charge is -2.37. The van der Waals surface area contributed by atoms with Gasteiger partial charge in [-0.1, -0.05) is 6.42 Å². The molecule has 116 valence electrons. The topological polar surface area (TPSA) is 107 Å². The van der Waals surface area contributed by atoms with Crippen molar-refractivity contribution in [2.45, 2.75) is 50.1 Å². The Kier molecular flexibility index (Phi) is 4.20. The third kappa shape index (κ3) is 2.86. The number of nitrogens with zero attached hydrogens (tertiary/aromatic N) is 2. The molecule has 2 N–H and O–H groups in total. The van der Waals surface area contributed by atoms with Crippen molar-refractivity contribution in [3.05, 3.63) is 28.3 Å². The molecule has 0 saturated carbocycles. The molecule has 1 aromatic carbocycles. The van der Waals surface area contributed by atoms with E-state index < -0.39 is 14.9 Å². The Balaban J connectivity index is 2.53. The Morgan fingerprint density at radius 1 is 1.29 bits per heavy atom. The minimum absolute atomic E-state index is 0.0329. The lowest BCUT2D eigenvalue weighted by molar-refractivity contribution is -0.385. The van der Waals surface area contributed by atoms with Crippen molar-refractivity contribution in [1.82, 2.24) is 4.31 Å². The van der Waals surface area contributed by atoms with Gasteiger partial charge in [-0.2, -0.15) is 4.31 Å². The quantitative estimate of drug-likeness (QED) is 0.522. The molecule has 2 rings (SSSR count). The van der Waals surface area contributed by atoms with Crippen LogP contribution in [-0.2, 0) is 10.0 Å². The summed E-state index contributed by atoms with van der Waals surface area (Å²) in [5.74, 6) is 0. The zero-order chi connectivity index (χ0) is 15.8. The van der Waals surface area contributed by atoms with E-state index in [9.17, 15) is 18.5 Å². The van der Waals surface area contributed by atoms with Crippen molar-refractivity contribution >= 4 is 21.4 Å². The van der Waals surface area contributed by atoms with Crippen molar-refractivity contribution in [3.8, 4) is 0 Å². The molecule has 7 nitrogen and oxygen atoms in total. The van der Waals surface area contributed by atoms with E-state index in [0.717, 1.165) is 25.3 Å². The van der Waals surface area contributed by atoms with Gasteiger partial charge in [-0.3, -0.25) is 10.1 Å². The summed E-state index contributed by atoms with van der Waals surface area (Å²) < 4.78 is 27.1. The van der Waals surface area contributed by atoms with Crippen LogP contribution in [0.25, 0.3) is 0 Å². The second-order valence-corrected chi connectivity index (χ2v) is 7.25. The summed E-state index contributed by atoms with van der Waals surface area (Å²) in [6.07, 6.45) is 2.52. The maximum Gasteiger partial charge on any atom is 0.270 e. The maximum atomic E-state index is 12.8. The molecule has 0 spiro atoms. The average molecular weight is 313 g/mol. The SMILES string of the molecule is CC1CCCC(C)N1S(=O)(=O)c1cc([N+](=O)[O-])ccc1N. The number of nitro benzene ring substituents is 1. The van der Waals surface area contributed by atoms with Crippen molar-refractivity contribution in [1.29, 1.82) is 0 Å². The number of anilines is 1. The highest BCUT2D eigenvalue weighted by Gasteiger charge is 2.37. The van der Waals surface area contributed by atoms with Gasteiger partial charge >= 0.3 is 0 Å². The molecule has 0 aromatic heterocycles. The lowest BCUT2D eigenvalue weighted by Crippen LogP contribution is -2.47. The summed E-state index contributed by atoms with van der Waals surface area (Å²) in [5, 5.41) is 10.9. The summed E-state index contributed by atoms with van der Waals surface area (Å²) in [5.41, 5.74) is 5.50. The summed E-state index contributed by atoms with van der Waals surface area (Å²) in [4.78, 5) is 10.0. The molecule has 1 aromatic rings. The first-order valence-electron chi connectivity index (χ1n) is 6.82. The first-order valence-corrected chi connectivity index (χ1v) is 8.26. The van der Waals surface area contributed by atoms with Gasteiger partial charge in [0.15, 0.2) is 0 Å². The van der Waals surface area contributed by atoms with Crippen LogP contribution >= 0.6 is 0 Å². The van der Waals surface area contributed by atoms with E-state index in [1.807, 2.05) is 13.8 Å². The van der Waals surface area contributed by atoms with Crippen LogP contribution in [0.2, 0.25) is 0 Å². The minimum Gasteiger partial charge on any atom is -0.398 e. The van der Waals surface area contributed by atoms with Crippen LogP contribution in [0.15, 0.2) is 23.1 Å². The molecule has 0 amide bonds. The molecule has 1 fully saturated rings. The monoisotopic (exact) mass is 313 g/mol. The Hall–Kier alpha value is -1.67. The predicted octanol–water partition coefficient (Wildman–Crippen LogP) is 2.13. The van der Waals surface area contributed by atoms with Crippen LogP contribution in [0, 0.1) is 10.1 Å². The molecule has 1 aliphatic heterocycles. The predicted molar refractivity (Wildman–Crippen MR) is 79.3 cm³/mol. The third-order valence-electron chi connectivity index (χ3n) is 3.88. The van der Waals surface area contributed by atoms with Gasteiger partial charge in [0, 0.05) is 24.2 Å². The Labute approximate surface area is 123 Å². The van der Waals surface area contributed by atoms with Crippen molar-refractivity contribution in [2.24, 2.45) is 0 Å². The summed E-state index contributed by atoms with van der Waals surface area (Å²) >= 11 is 0. The zero-order valence-electron chi connectivity index (χ0n) is 12.0. The molecule has 1 heterocycles. The maximum absolute atomic E-state index is 12.8. The first-order chi connectivity index (χ1) is 9.75. The first kappa shape index (κ1) is 15.7. The fourth-order valence-electron chi connectivity index (χ4n) is 2.84. The zero-order valence-corrected chi connectivity index (χ0v) is 12.8. The molecular formula is C13H19N3O4S. The molecule has 8 heteroatoms. The second-order valence-electron chi connectivity index (χ2n) is 5.44. The van der Waals surface area contributed by atoms with E-state index in [1.165, 1.54) is 16.4 Å². The van der Waals surface area contributed by atoms with E-state index in [-0.39, 0.29) is 28.4 Å². The van der Waals surface area contributed by atoms with Crippen molar-refractivity contribution in [3.63, 3.8) is 0 Å². The molecule has 1 saturated heterocycles. The van der Waals surface area contributed by atoms with Gasteiger partial charge in [0.05, 0.1) is 10.6 Å². The number of nitrogen functional groups attached to an aromatic ring is 1. The normalized spacial score (nSPS) is 23.9. The fourth-order valence-corrected chi connectivity index (χ4v) is 4.87. The van der Waals surface area contributed by atoms with Crippen molar-refractivity contribution < 1.29 is 13.3 Å². The van der Waals surface area contributed by atoms with E-state index >= 15 is 0 Å². The van der Waals surface area contributed by atoms with E-state index in [1.54, 1.807) is 0 Å². The van der Waals surface area contributed by atoms with Gasteiger partial charge in [0.2, 0.25) is 10.0 Å². The number of non-ortho nitro benzene ring substituents is 1. The van der Waals surface area contributed by atoms with Crippen LogP contribution in [-0.4, -0.2) is 29.7 Å². The highest BCUT2D eigenvalue weighted by atomic mass is 32.2. The molecule has 21 heavy (non-hydrogen) atoms. The van der Waals surface area contributed by atoms with Crippen LogP contribution < -0.4 is 5.73 Å². The molecule has 0 radical (unpaired) electrons. The molecule has 1 aliphatic rings. The minimum atomic E-state index is -3.84. The third-order valence-corrected chi connectivity index (χ3v) is 6.06. The lowest BCUT2D eigenvalue weighted by atomic mass is 10.0. The molecular weight excluding hydrogens is 294 g/mol. The number of rotatable bonds is 3. The Morgan fingerprint density at radius 3 is 2.38 bits per heavy atom. The molecule has 0 bridgehead atoms. The summed E-state index contributed by atoms with van der Waals surface area (Å²) in [6, 6.07) is 3.23. The number of nitrogens with two attached hydrogens (primary N) is 1. The van der Waals surface area contributed by atoms with Gasteiger partial charge < -0.3 is 5.73 Å². The molecule has 2 atom stereocenters. The highest BCUT2D eigenvalue weighted by Crippen LogP contribution is 2.33. The van der Waals surface area contributed by atoms with Gasteiger partial charge in [-0.15, -0.1) is 0 Å². The van der Waals surface area contributed by atoms with Crippen LogP contribution in [0.3, 0.4) is 0 Å². The number of hydrogen-bond donors (Lipinski definition) is 1. The van der Waals surface area contributed by atoms with Crippen LogP contribution in [0.4, 0.5) is 11.4 Å². The van der Waals surface area contributed by atoms with Crippen LogP contribution in [0.1, 0.15) is 33.1 Å². The number of benzene rings is 1. The number of hydrogen-bond acceptors (Lipinski definition) is 5. The standard InChI is InChI=1S/C13H19N3O4S/c1-9-4-3-5-10(2)15(9)21(19,20)13-8-11(16(17)18)6-7-12(13)14/h6-10H,3-5,14H2,1-2H3.